The van der Waals surface area contributed by atoms with Crippen molar-refractivity contribution in [3.8, 4) is 0 Å². The highest BCUT2D eigenvalue weighted by Crippen LogP contribution is 2.37. The van der Waals surface area contributed by atoms with Crippen molar-refractivity contribution in [2.75, 3.05) is 7.05 Å². The predicted molar refractivity (Wildman–Crippen MR) is 79.2 cm³/mol. The Morgan fingerprint density at radius 1 is 1.26 bits per heavy atom. The topological polar surface area (TPSA) is 3.24 Å². The fraction of sp³-hybridized carbons (Fsp3) is 0.625. The maximum absolute atomic E-state index is 14.3. The van der Waals surface area contributed by atoms with E-state index in [1.165, 1.54) is 12.8 Å². The molecule has 1 nitrogen and oxygen atoms in total. The van der Waals surface area contributed by atoms with Crippen molar-refractivity contribution >= 4 is 11.6 Å². The summed E-state index contributed by atoms with van der Waals surface area (Å²) in [4.78, 5) is 2.39. The van der Waals surface area contributed by atoms with Gasteiger partial charge >= 0.3 is 0 Å². The first-order chi connectivity index (χ1) is 8.93. The molecule has 1 aromatic carbocycles. The summed E-state index contributed by atoms with van der Waals surface area (Å²) in [5.41, 5.74) is 0.752. The Bertz CT molecular complexity index is 442. The van der Waals surface area contributed by atoms with Crippen LogP contribution in [0.4, 0.5) is 4.39 Å². The second-order valence-corrected chi connectivity index (χ2v) is 6.46. The second-order valence-electron chi connectivity index (χ2n) is 6.05. The molecule has 3 heteroatoms. The van der Waals surface area contributed by atoms with Crippen LogP contribution in [0.25, 0.3) is 0 Å². The van der Waals surface area contributed by atoms with Crippen LogP contribution in [0.15, 0.2) is 18.2 Å². The van der Waals surface area contributed by atoms with Crippen LogP contribution in [0.5, 0.6) is 0 Å². The lowest BCUT2D eigenvalue weighted by molar-refractivity contribution is 0.189. The van der Waals surface area contributed by atoms with Crippen molar-refractivity contribution in [3.05, 3.63) is 34.6 Å². The van der Waals surface area contributed by atoms with Gasteiger partial charge in [-0.2, -0.15) is 0 Å². The third-order valence-corrected chi connectivity index (χ3v) is 4.64. The summed E-state index contributed by atoms with van der Waals surface area (Å²) in [5, 5.41) is 0.226. The highest BCUT2D eigenvalue weighted by Gasteiger charge is 2.35. The molecule has 1 aromatic rings. The Labute approximate surface area is 120 Å². The maximum Gasteiger partial charge on any atom is 0.145 e. The number of hydrogen-bond acceptors (Lipinski definition) is 1. The lowest BCUT2D eigenvalue weighted by Gasteiger charge is -2.35. The molecule has 2 atom stereocenters. The largest absolute Gasteiger partial charge is 0.300 e. The number of nitrogens with zero attached hydrogens (tertiary/aromatic N) is 1. The number of rotatable bonds is 5. The van der Waals surface area contributed by atoms with E-state index in [-0.39, 0.29) is 16.8 Å². The van der Waals surface area contributed by atoms with Crippen LogP contribution in [-0.2, 0) is 0 Å². The molecular weight excluding hydrogens is 261 g/mol. The third kappa shape index (κ3) is 3.11. The molecule has 1 aliphatic rings. The molecule has 0 saturated heterocycles. The Morgan fingerprint density at radius 2 is 1.89 bits per heavy atom. The first kappa shape index (κ1) is 14.8. The normalized spacial score (nSPS) is 18.9. The molecule has 0 amide bonds. The molecule has 0 spiro atoms. The van der Waals surface area contributed by atoms with Gasteiger partial charge in [0.2, 0.25) is 0 Å². The average Bonchev–Trinajstić information content (AvgIpc) is 3.17. The van der Waals surface area contributed by atoms with E-state index in [0.717, 1.165) is 5.56 Å². The van der Waals surface area contributed by atoms with Gasteiger partial charge in [0, 0.05) is 18.0 Å². The van der Waals surface area contributed by atoms with E-state index in [4.69, 9.17) is 11.6 Å². The summed E-state index contributed by atoms with van der Waals surface area (Å²) in [6.45, 7) is 6.51. The van der Waals surface area contributed by atoms with Gasteiger partial charge < -0.3 is 4.90 Å². The maximum atomic E-state index is 14.3. The zero-order valence-corrected chi connectivity index (χ0v) is 12.9. The predicted octanol–water partition coefficient (Wildman–Crippen LogP) is 4.70. The summed E-state index contributed by atoms with van der Waals surface area (Å²) in [5.74, 6) is 0.299. The van der Waals surface area contributed by atoms with Crippen LogP contribution in [0.3, 0.4) is 0 Å². The molecule has 0 bridgehead atoms. The van der Waals surface area contributed by atoms with Crippen LogP contribution in [0, 0.1) is 11.7 Å². The van der Waals surface area contributed by atoms with Gasteiger partial charge in [-0.3, -0.25) is 0 Å². The van der Waals surface area contributed by atoms with Gasteiger partial charge in [-0.1, -0.05) is 37.6 Å². The Morgan fingerprint density at radius 3 is 2.42 bits per heavy atom. The van der Waals surface area contributed by atoms with Crippen LogP contribution >= 0.6 is 11.6 Å². The minimum absolute atomic E-state index is 0.171. The van der Waals surface area contributed by atoms with Crippen molar-refractivity contribution in [3.63, 3.8) is 0 Å². The summed E-state index contributed by atoms with van der Waals surface area (Å²) >= 11 is 5.93. The fourth-order valence-corrected chi connectivity index (χ4v) is 3.20. The standard InChI is InChI=1S/C16H23ClFN/c1-10(2)15(11(3)19(4)12-8-9-12)13-6-5-7-14(17)16(13)18/h5-7,10-12,15H,8-9H2,1-4H3. The Balaban J connectivity index is 2.31. The van der Waals surface area contributed by atoms with Crippen LogP contribution in [0.2, 0.25) is 5.02 Å². The first-order valence-corrected chi connectivity index (χ1v) is 7.47. The van der Waals surface area contributed by atoms with Crippen LogP contribution < -0.4 is 0 Å². The van der Waals surface area contributed by atoms with E-state index < -0.39 is 0 Å². The number of halogens is 2. The summed E-state index contributed by atoms with van der Waals surface area (Å²) < 4.78 is 14.3. The average molecular weight is 284 g/mol. The van der Waals surface area contributed by atoms with E-state index in [1.807, 2.05) is 12.1 Å². The fourth-order valence-electron chi connectivity index (χ4n) is 3.02. The molecule has 0 radical (unpaired) electrons. The lowest BCUT2D eigenvalue weighted by atomic mass is 9.82. The van der Waals surface area contributed by atoms with Gasteiger partial charge in [0.25, 0.3) is 0 Å². The molecule has 0 N–H and O–H groups in total. The summed E-state index contributed by atoms with van der Waals surface area (Å²) in [6, 6.07) is 6.34. The van der Waals surface area contributed by atoms with Gasteiger partial charge in [-0.05, 0) is 44.4 Å². The molecule has 0 aliphatic heterocycles. The van der Waals surface area contributed by atoms with Gasteiger partial charge in [0.1, 0.15) is 5.82 Å². The number of likely N-dealkylation sites (N-methyl/N-ethyl adjacent to an activating group) is 1. The molecule has 106 valence electrons. The minimum Gasteiger partial charge on any atom is -0.300 e. The SMILES string of the molecule is CC(C)C(c1cccc(Cl)c1F)C(C)N(C)C1CC1. The second kappa shape index (κ2) is 5.80. The Hall–Kier alpha value is -0.600. The summed E-state index contributed by atoms with van der Waals surface area (Å²) in [7, 11) is 2.15. The molecule has 1 saturated carbocycles. The molecule has 2 unspecified atom stereocenters. The Kier molecular flexibility index (Phi) is 4.52. The zero-order chi connectivity index (χ0) is 14.2. The quantitative estimate of drug-likeness (QED) is 0.757. The van der Waals surface area contributed by atoms with Gasteiger partial charge in [0.15, 0.2) is 0 Å². The van der Waals surface area contributed by atoms with Crippen molar-refractivity contribution in [1.82, 2.24) is 4.90 Å². The molecule has 2 rings (SSSR count). The van der Waals surface area contributed by atoms with Gasteiger partial charge in [-0.15, -0.1) is 0 Å². The highest BCUT2D eigenvalue weighted by molar-refractivity contribution is 6.30. The number of benzene rings is 1. The van der Waals surface area contributed by atoms with Crippen molar-refractivity contribution in [2.45, 2.75) is 51.6 Å². The molecule has 0 heterocycles. The molecule has 19 heavy (non-hydrogen) atoms. The van der Waals surface area contributed by atoms with Gasteiger partial charge in [0.05, 0.1) is 5.02 Å². The monoisotopic (exact) mass is 283 g/mol. The molecule has 0 aromatic heterocycles. The first-order valence-electron chi connectivity index (χ1n) is 7.09. The van der Waals surface area contributed by atoms with Gasteiger partial charge in [-0.25, -0.2) is 4.39 Å². The van der Waals surface area contributed by atoms with Crippen LogP contribution in [0.1, 0.15) is 45.1 Å². The third-order valence-electron chi connectivity index (χ3n) is 4.34. The van der Waals surface area contributed by atoms with E-state index in [0.29, 0.717) is 18.0 Å². The molecule has 1 fully saturated rings. The van der Waals surface area contributed by atoms with Crippen molar-refractivity contribution in [2.24, 2.45) is 5.92 Å². The van der Waals surface area contributed by atoms with Crippen molar-refractivity contribution in [1.29, 1.82) is 0 Å². The van der Waals surface area contributed by atoms with E-state index >= 15 is 0 Å². The van der Waals surface area contributed by atoms with E-state index in [1.54, 1.807) is 6.07 Å². The molecule has 1 aliphatic carbocycles. The highest BCUT2D eigenvalue weighted by atomic mass is 35.5. The lowest BCUT2D eigenvalue weighted by Crippen LogP contribution is -2.38. The van der Waals surface area contributed by atoms with E-state index in [2.05, 4.69) is 32.7 Å². The van der Waals surface area contributed by atoms with Crippen LogP contribution in [-0.4, -0.2) is 24.0 Å². The zero-order valence-electron chi connectivity index (χ0n) is 12.2. The van der Waals surface area contributed by atoms with Crippen molar-refractivity contribution < 1.29 is 4.39 Å². The summed E-state index contributed by atoms with van der Waals surface area (Å²) in [6.07, 6.45) is 2.54. The smallest absolute Gasteiger partial charge is 0.145 e. The van der Waals surface area contributed by atoms with E-state index in [9.17, 15) is 4.39 Å². The number of hydrogen-bond donors (Lipinski definition) is 0. The minimum atomic E-state index is -0.251. The molecular formula is C16H23ClFN.